The zero-order chi connectivity index (χ0) is 29.1. The van der Waals surface area contributed by atoms with E-state index in [0.29, 0.717) is 27.4 Å². The molecule has 0 saturated carbocycles. The van der Waals surface area contributed by atoms with Gasteiger partial charge in [-0.1, -0.05) is 42.5 Å². The van der Waals surface area contributed by atoms with Crippen molar-refractivity contribution in [2.75, 3.05) is 6.61 Å². The Kier molecular flexibility index (Phi) is 8.38. The molecular formula is C27H21F6NO5S. The van der Waals surface area contributed by atoms with Crippen molar-refractivity contribution < 1.29 is 50.5 Å². The fourth-order valence-electron chi connectivity index (χ4n) is 3.99. The summed E-state index contributed by atoms with van der Waals surface area (Å²) in [5.74, 6) is -1.36. The van der Waals surface area contributed by atoms with Gasteiger partial charge in [0, 0.05) is 16.5 Å². The third kappa shape index (κ3) is 7.29. The molecule has 0 amide bonds. The molecule has 0 aliphatic heterocycles. The number of thiazole rings is 1. The van der Waals surface area contributed by atoms with Gasteiger partial charge in [-0.3, -0.25) is 4.74 Å². The average Bonchev–Trinajstić information content (AvgIpc) is 3.34. The Morgan fingerprint density at radius 3 is 2.30 bits per heavy atom. The zero-order valence-corrected chi connectivity index (χ0v) is 21.4. The highest BCUT2D eigenvalue weighted by molar-refractivity contribution is 7.09. The van der Waals surface area contributed by atoms with Crippen LogP contribution >= 0.6 is 11.3 Å². The molecule has 0 spiro atoms. The second-order valence-electron chi connectivity index (χ2n) is 8.80. The Hall–Kier alpha value is -3.68. The third-order valence-electron chi connectivity index (χ3n) is 5.78. The molecule has 0 saturated heterocycles. The van der Waals surface area contributed by atoms with Crippen LogP contribution in [0.25, 0.3) is 16.8 Å². The van der Waals surface area contributed by atoms with E-state index in [1.807, 2.05) is 0 Å². The van der Waals surface area contributed by atoms with Gasteiger partial charge in [0.05, 0.1) is 11.3 Å². The van der Waals surface area contributed by atoms with Crippen LogP contribution in [-0.4, -0.2) is 40.7 Å². The van der Waals surface area contributed by atoms with Crippen molar-refractivity contribution in [2.45, 2.75) is 37.8 Å². The Morgan fingerprint density at radius 2 is 1.70 bits per heavy atom. The molecule has 212 valence electrons. The standard InChI is InChI=1S/C27H21F6NO5S/c1-25(39-27(31,32)33)12-21(19(16-5-3-2-4-6-16)11-22(25)38-14-24(35)36)37-13-23-34-20(15-40-23)17-7-9-18(10-8-17)26(28,29)30/h2-12,15,22H,13-14H2,1H3,(H,35,36). The number of benzene rings is 2. The van der Waals surface area contributed by atoms with Crippen LogP contribution in [0, 0.1) is 0 Å². The van der Waals surface area contributed by atoms with E-state index in [1.54, 1.807) is 35.7 Å². The number of halogens is 6. The molecule has 1 aliphatic rings. The number of alkyl halides is 6. The van der Waals surface area contributed by atoms with Crippen LogP contribution in [0.5, 0.6) is 0 Å². The molecule has 40 heavy (non-hydrogen) atoms. The lowest BCUT2D eigenvalue weighted by Gasteiger charge is -2.37. The van der Waals surface area contributed by atoms with Crippen LogP contribution in [0.4, 0.5) is 26.3 Å². The van der Waals surface area contributed by atoms with Crippen molar-refractivity contribution in [1.82, 2.24) is 4.98 Å². The first-order chi connectivity index (χ1) is 18.7. The maximum atomic E-state index is 13.4. The first-order valence-electron chi connectivity index (χ1n) is 11.6. The molecule has 1 aromatic heterocycles. The Bertz CT molecular complexity index is 1400. The van der Waals surface area contributed by atoms with Crippen LogP contribution in [-0.2, 0) is 31.8 Å². The minimum atomic E-state index is -5.08. The number of allylic oxidation sites excluding steroid dienone is 1. The molecule has 1 heterocycles. The van der Waals surface area contributed by atoms with E-state index in [0.717, 1.165) is 36.5 Å². The molecule has 0 fully saturated rings. The summed E-state index contributed by atoms with van der Waals surface area (Å²) in [6.45, 7) is 0.0563. The molecule has 6 nitrogen and oxygen atoms in total. The van der Waals surface area contributed by atoms with Crippen molar-refractivity contribution in [1.29, 1.82) is 0 Å². The predicted octanol–water partition coefficient (Wildman–Crippen LogP) is 7.09. The van der Waals surface area contributed by atoms with E-state index in [4.69, 9.17) is 14.6 Å². The SMILES string of the molecule is CC1(OC(F)(F)F)C=C(OCc2nc(-c3ccc(C(F)(F)F)cc3)cs2)C(c2ccccc2)=CC1OCC(=O)O. The summed E-state index contributed by atoms with van der Waals surface area (Å²) in [6, 6.07) is 13.0. The summed E-state index contributed by atoms with van der Waals surface area (Å²) in [5.41, 5.74) is -1.21. The molecule has 1 aliphatic carbocycles. The van der Waals surface area contributed by atoms with Crippen LogP contribution in [0.3, 0.4) is 0 Å². The molecule has 0 bridgehead atoms. The first kappa shape index (κ1) is 29.3. The molecular weight excluding hydrogens is 564 g/mol. The number of carboxylic acid groups (broad SMARTS) is 1. The minimum absolute atomic E-state index is 0.0133. The van der Waals surface area contributed by atoms with E-state index >= 15 is 0 Å². The fraction of sp³-hybridized carbons (Fsp3) is 0.259. The average molecular weight is 586 g/mol. The smallest absolute Gasteiger partial charge is 0.486 e. The molecule has 0 radical (unpaired) electrons. The molecule has 2 aromatic carbocycles. The number of nitrogens with zero attached hydrogens (tertiary/aromatic N) is 1. The maximum Gasteiger partial charge on any atom is 0.523 e. The lowest BCUT2D eigenvalue weighted by molar-refractivity contribution is -0.365. The highest BCUT2D eigenvalue weighted by Gasteiger charge is 2.47. The summed E-state index contributed by atoms with van der Waals surface area (Å²) in [7, 11) is 0. The van der Waals surface area contributed by atoms with Crippen LogP contribution in [0.1, 0.15) is 23.1 Å². The summed E-state index contributed by atoms with van der Waals surface area (Å²) in [4.78, 5) is 15.5. The lowest BCUT2D eigenvalue weighted by atomic mass is 9.86. The highest BCUT2D eigenvalue weighted by Crippen LogP contribution is 2.40. The van der Waals surface area contributed by atoms with Gasteiger partial charge in [-0.15, -0.1) is 24.5 Å². The summed E-state index contributed by atoms with van der Waals surface area (Å²) in [5, 5.41) is 11.1. The van der Waals surface area contributed by atoms with E-state index in [-0.39, 0.29) is 12.4 Å². The Morgan fingerprint density at radius 1 is 1.02 bits per heavy atom. The van der Waals surface area contributed by atoms with Gasteiger partial charge in [-0.2, -0.15) is 13.2 Å². The molecule has 2 unspecified atom stereocenters. The van der Waals surface area contributed by atoms with Gasteiger partial charge in [0.1, 0.15) is 35.7 Å². The van der Waals surface area contributed by atoms with Gasteiger partial charge in [-0.05, 0) is 36.8 Å². The van der Waals surface area contributed by atoms with Crippen LogP contribution in [0.15, 0.2) is 77.9 Å². The van der Waals surface area contributed by atoms with Crippen molar-refractivity contribution in [3.63, 3.8) is 0 Å². The normalized spacial score (nSPS) is 19.6. The third-order valence-corrected chi connectivity index (χ3v) is 6.61. The maximum absolute atomic E-state index is 13.4. The van der Waals surface area contributed by atoms with Crippen LogP contribution in [0.2, 0.25) is 0 Å². The van der Waals surface area contributed by atoms with E-state index in [2.05, 4.69) is 9.72 Å². The topological polar surface area (TPSA) is 77.9 Å². The largest absolute Gasteiger partial charge is 0.523 e. The lowest BCUT2D eigenvalue weighted by Crippen LogP contribution is -2.47. The van der Waals surface area contributed by atoms with Gasteiger partial charge in [-0.25, -0.2) is 9.78 Å². The second kappa shape index (κ2) is 11.4. The number of aliphatic carboxylic acids is 1. The quantitative estimate of drug-likeness (QED) is 0.270. The molecule has 2 atom stereocenters. The minimum Gasteiger partial charge on any atom is -0.486 e. The van der Waals surface area contributed by atoms with Gasteiger partial charge < -0.3 is 14.6 Å². The molecule has 1 N–H and O–H groups in total. The summed E-state index contributed by atoms with van der Waals surface area (Å²) < 4.78 is 94.2. The van der Waals surface area contributed by atoms with Crippen molar-refractivity contribution in [3.8, 4) is 11.3 Å². The fourth-order valence-corrected chi connectivity index (χ4v) is 4.70. The number of ether oxygens (including phenoxy) is 3. The first-order valence-corrected chi connectivity index (χ1v) is 12.5. The summed E-state index contributed by atoms with van der Waals surface area (Å²) >= 11 is 1.16. The van der Waals surface area contributed by atoms with Crippen LogP contribution < -0.4 is 0 Å². The van der Waals surface area contributed by atoms with E-state index in [1.165, 1.54) is 18.2 Å². The molecule has 4 rings (SSSR count). The highest BCUT2D eigenvalue weighted by atomic mass is 32.1. The van der Waals surface area contributed by atoms with Crippen molar-refractivity contribution in [2.24, 2.45) is 0 Å². The zero-order valence-electron chi connectivity index (χ0n) is 20.6. The number of hydrogen-bond donors (Lipinski definition) is 1. The van der Waals surface area contributed by atoms with Gasteiger partial charge in [0.25, 0.3) is 0 Å². The van der Waals surface area contributed by atoms with E-state index < -0.39 is 42.4 Å². The van der Waals surface area contributed by atoms with E-state index in [9.17, 15) is 31.1 Å². The van der Waals surface area contributed by atoms with Crippen molar-refractivity contribution >= 4 is 22.9 Å². The van der Waals surface area contributed by atoms with Gasteiger partial charge in [0.15, 0.2) is 0 Å². The Labute approximate surface area is 228 Å². The van der Waals surface area contributed by atoms with Gasteiger partial charge in [0.2, 0.25) is 0 Å². The summed E-state index contributed by atoms with van der Waals surface area (Å²) in [6.07, 6.45) is -8.59. The molecule has 13 heteroatoms. The van der Waals surface area contributed by atoms with Crippen molar-refractivity contribution in [3.05, 3.63) is 94.0 Å². The number of hydrogen-bond acceptors (Lipinski definition) is 6. The Balaban J connectivity index is 1.61. The molecule has 3 aromatic rings. The number of rotatable bonds is 9. The van der Waals surface area contributed by atoms with Gasteiger partial charge >= 0.3 is 18.5 Å². The second-order valence-corrected chi connectivity index (χ2v) is 9.74. The number of carboxylic acids is 1. The monoisotopic (exact) mass is 585 g/mol. The number of aromatic nitrogens is 1. The number of carbonyl (C=O) groups is 1. The predicted molar refractivity (Wildman–Crippen MR) is 133 cm³/mol.